The van der Waals surface area contributed by atoms with Crippen LogP contribution in [0.25, 0.3) is 10.9 Å². The van der Waals surface area contributed by atoms with Gasteiger partial charge in [-0.1, -0.05) is 48.0 Å². The van der Waals surface area contributed by atoms with Crippen LogP contribution in [-0.4, -0.2) is 78.8 Å². The minimum atomic E-state index is -0.730. The SMILES string of the molecule is Cc1ccccc1C(=O)N1CCC(CCC(=O)N[C@H](Cc2c[nH]c3ccccc23)C(=O)N2C[C@@H](CN(C)C)Cc3cc(Cl)ccc32)CC1. The van der Waals surface area contributed by atoms with Gasteiger partial charge in [-0.2, -0.15) is 0 Å². The van der Waals surface area contributed by atoms with Crippen molar-refractivity contribution in [2.75, 3.05) is 45.2 Å². The lowest BCUT2D eigenvalue weighted by molar-refractivity contribution is -0.127. The van der Waals surface area contributed by atoms with E-state index in [0.29, 0.717) is 43.4 Å². The second-order valence-electron chi connectivity index (χ2n) is 13.8. The van der Waals surface area contributed by atoms with Gasteiger partial charge in [-0.15, -0.1) is 0 Å². The van der Waals surface area contributed by atoms with Crippen molar-refractivity contribution in [2.45, 2.75) is 51.5 Å². The molecule has 3 aromatic carbocycles. The molecule has 1 saturated heterocycles. The van der Waals surface area contributed by atoms with Crippen LogP contribution in [0.1, 0.15) is 52.7 Å². The molecule has 0 saturated carbocycles. The lowest BCUT2D eigenvalue weighted by Gasteiger charge is -2.37. The number of hydrogen-bond donors (Lipinski definition) is 2. The third-order valence-electron chi connectivity index (χ3n) is 9.96. The minimum absolute atomic E-state index is 0.0808. The van der Waals surface area contributed by atoms with Crippen molar-refractivity contribution < 1.29 is 14.4 Å². The molecular formula is C39H46ClN5O3. The van der Waals surface area contributed by atoms with Gasteiger partial charge in [-0.05, 0) is 106 Å². The van der Waals surface area contributed by atoms with Gasteiger partial charge in [-0.25, -0.2) is 0 Å². The normalized spacial score (nSPS) is 17.4. The second-order valence-corrected chi connectivity index (χ2v) is 14.3. The molecule has 1 fully saturated rings. The van der Waals surface area contributed by atoms with Crippen LogP contribution in [0.4, 0.5) is 5.69 Å². The lowest BCUT2D eigenvalue weighted by Crippen LogP contribution is -2.53. The number of carbonyl (C=O) groups excluding carboxylic acids is 3. The predicted octanol–water partition coefficient (Wildman–Crippen LogP) is 6.26. The molecule has 0 aliphatic carbocycles. The van der Waals surface area contributed by atoms with Crippen molar-refractivity contribution in [3.8, 4) is 0 Å². The van der Waals surface area contributed by atoms with E-state index in [2.05, 4.69) is 15.2 Å². The first-order valence-electron chi connectivity index (χ1n) is 17.1. The highest BCUT2D eigenvalue weighted by Gasteiger charge is 2.34. The Morgan fingerprint density at radius 1 is 1.00 bits per heavy atom. The molecule has 3 heterocycles. The number of carbonyl (C=O) groups is 3. The molecule has 0 radical (unpaired) electrons. The number of benzene rings is 3. The highest BCUT2D eigenvalue weighted by molar-refractivity contribution is 6.30. The first kappa shape index (κ1) is 33.7. The van der Waals surface area contributed by atoms with E-state index in [1.807, 2.05) is 104 Å². The van der Waals surface area contributed by atoms with Gasteiger partial charge in [0.05, 0.1) is 0 Å². The summed E-state index contributed by atoms with van der Waals surface area (Å²) in [4.78, 5) is 50.5. The number of aromatic amines is 1. The Bertz CT molecular complexity index is 1780. The van der Waals surface area contributed by atoms with Crippen molar-refractivity contribution in [3.63, 3.8) is 0 Å². The van der Waals surface area contributed by atoms with Crippen LogP contribution in [0.2, 0.25) is 5.02 Å². The summed E-state index contributed by atoms with van der Waals surface area (Å²) in [6, 6.07) is 20.8. The average Bonchev–Trinajstić information content (AvgIpc) is 3.48. The molecule has 48 heavy (non-hydrogen) atoms. The fourth-order valence-electron chi connectivity index (χ4n) is 7.48. The molecule has 2 aliphatic rings. The Morgan fingerprint density at radius 2 is 1.75 bits per heavy atom. The summed E-state index contributed by atoms with van der Waals surface area (Å²) in [5.41, 5.74) is 5.66. The number of aromatic nitrogens is 1. The van der Waals surface area contributed by atoms with Crippen LogP contribution >= 0.6 is 11.6 Å². The van der Waals surface area contributed by atoms with Gasteiger partial charge >= 0.3 is 0 Å². The van der Waals surface area contributed by atoms with Gasteiger partial charge < -0.3 is 25.0 Å². The molecule has 2 N–H and O–H groups in total. The summed E-state index contributed by atoms with van der Waals surface area (Å²) in [6.45, 7) is 4.76. The van der Waals surface area contributed by atoms with Crippen molar-refractivity contribution in [1.29, 1.82) is 0 Å². The molecule has 8 nitrogen and oxygen atoms in total. The number of rotatable bonds is 10. The Balaban J connectivity index is 1.15. The largest absolute Gasteiger partial charge is 0.361 e. The summed E-state index contributed by atoms with van der Waals surface area (Å²) in [6.07, 6.45) is 5.96. The van der Waals surface area contributed by atoms with Crippen LogP contribution in [0.15, 0.2) is 72.9 Å². The van der Waals surface area contributed by atoms with E-state index in [1.165, 1.54) is 0 Å². The number of H-pyrrole nitrogens is 1. The molecule has 1 aromatic heterocycles. The van der Waals surface area contributed by atoms with Crippen molar-refractivity contribution in [2.24, 2.45) is 11.8 Å². The fourth-order valence-corrected chi connectivity index (χ4v) is 7.67. The molecule has 0 spiro atoms. The molecule has 252 valence electrons. The number of para-hydroxylation sites is 1. The van der Waals surface area contributed by atoms with Crippen LogP contribution < -0.4 is 10.2 Å². The van der Waals surface area contributed by atoms with E-state index in [-0.39, 0.29) is 23.6 Å². The smallest absolute Gasteiger partial charge is 0.254 e. The van der Waals surface area contributed by atoms with Crippen molar-refractivity contribution >= 4 is 45.9 Å². The Kier molecular flexibility index (Phi) is 10.5. The van der Waals surface area contributed by atoms with Gasteiger partial charge in [0.2, 0.25) is 11.8 Å². The number of amides is 3. The van der Waals surface area contributed by atoms with E-state index >= 15 is 0 Å². The van der Waals surface area contributed by atoms with Crippen molar-refractivity contribution in [1.82, 2.24) is 20.1 Å². The fraction of sp³-hybridized carbons (Fsp3) is 0.410. The van der Waals surface area contributed by atoms with E-state index in [1.54, 1.807) is 0 Å². The van der Waals surface area contributed by atoms with E-state index in [0.717, 1.165) is 71.1 Å². The van der Waals surface area contributed by atoms with E-state index in [4.69, 9.17) is 11.6 Å². The molecule has 6 rings (SSSR count). The number of fused-ring (bicyclic) bond motifs is 2. The maximum atomic E-state index is 14.5. The van der Waals surface area contributed by atoms with Crippen LogP contribution in [0.5, 0.6) is 0 Å². The van der Waals surface area contributed by atoms with Gasteiger partial charge in [0, 0.05) is 72.4 Å². The number of likely N-dealkylation sites (tertiary alicyclic amines) is 1. The average molecular weight is 668 g/mol. The summed E-state index contributed by atoms with van der Waals surface area (Å²) >= 11 is 6.40. The molecule has 3 amide bonds. The van der Waals surface area contributed by atoms with E-state index < -0.39 is 6.04 Å². The number of hydrogen-bond acceptors (Lipinski definition) is 4. The standard InChI is InChI=1S/C39H46ClN5O3/c1-26-8-4-5-9-32(26)38(47)44-18-16-27(17-19-44)12-15-37(46)42-35(22-30-23-41-34-11-7-6-10-33(30)34)39(48)45-25-28(24-43(2)3)20-29-21-31(40)13-14-36(29)45/h4-11,13-14,21,23,27-28,35,41H,12,15-20,22,24-25H2,1-3H3,(H,42,46)/t28-,35-/m1/s1. The lowest BCUT2D eigenvalue weighted by atomic mass is 9.90. The summed E-state index contributed by atoms with van der Waals surface area (Å²) in [7, 11) is 4.09. The first-order valence-corrected chi connectivity index (χ1v) is 17.5. The third kappa shape index (κ3) is 7.77. The maximum Gasteiger partial charge on any atom is 0.254 e. The monoisotopic (exact) mass is 667 g/mol. The number of aryl methyl sites for hydroxylation is 1. The number of anilines is 1. The zero-order valence-corrected chi connectivity index (χ0v) is 28.9. The Labute approximate surface area is 288 Å². The zero-order valence-electron chi connectivity index (χ0n) is 28.2. The molecule has 2 aliphatic heterocycles. The van der Waals surface area contributed by atoms with E-state index in [9.17, 15) is 14.4 Å². The van der Waals surface area contributed by atoms with Gasteiger partial charge in [0.1, 0.15) is 6.04 Å². The Hall–Kier alpha value is -4.14. The van der Waals surface area contributed by atoms with Gasteiger partial charge in [-0.3, -0.25) is 14.4 Å². The number of halogens is 1. The van der Waals surface area contributed by atoms with Gasteiger partial charge in [0.25, 0.3) is 5.91 Å². The first-order chi connectivity index (χ1) is 23.2. The zero-order chi connectivity index (χ0) is 33.8. The molecular weight excluding hydrogens is 622 g/mol. The molecule has 4 aromatic rings. The number of nitrogens with one attached hydrogen (secondary N) is 2. The van der Waals surface area contributed by atoms with Crippen molar-refractivity contribution in [3.05, 3.63) is 100 Å². The molecule has 0 bridgehead atoms. The molecule has 2 atom stereocenters. The predicted molar refractivity (Wildman–Crippen MR) is 193 cm³/mol. The highest BCUT2D eigenvalue weighted by atomic mass is 35.5. The molecule has 0 unspecified atom stereocenters. The highest BCUT2D eigenvalue weighted by Crippen LogP contribution is 2.33. The number of nitrogens with zero attached hydrogens (tertiary/aromatic N) is 3. The van der Waals surface area contributed by atoms with Crippen LogP contribution in [0.3, 0.4) is 0 Å². The van der Waals surface area contributed by atoms with Gasteiger partial charge in [0.15, 0.2) is 0 Å². The summed E-state index contributed by atoms with van der Waals surface area (Å²) < 4.78 is 0. The summed E-state index contributed by atoms with van der Waals surface area (Å²) in [5, 5.41) is 4.87. The quantitative estimate of drug-likeness (QED) is 0.209. The topological polar surface area (TPSA) is 88.8 Å². The third-order valence-corrected chi connectivity index (χ3v) is 10.2. The molecule has 9 heteroatoms. The number of piperidine rings is 1. The minimum Gasteiger partial charge on any atom is -0.361 e. The second kappa shape index (κ2) is 15.0. The summed E-state index contributed by atoms with van der Waals surface area (Å²) in [5.74, 6) is 0.443. The van der Waals surface area contributed by atoms with Crippen LogP contribution in [-0.2, 0) is 22.4 Å². The van der Waals surface area contributed by atoms with Crippen LogP contribution in [0, 0.1) is 18.8 Å². The maximum absolute atomic E-state index is 14.5. The Morgan fingerprint density at radius 3 is 2.52 bits per heavy atom.